The normalized spacial score (nSPS) is 12.8. The van der Waals surface area contributed by atoms with Gasteiger partial charge in [-0.1, -0.05) is 12.1 Å². The Morgan fingerprint density at radius 3 is 2.44 bits per heavy atom. The highest BCUT2D eigenvalue weighted by atomic mass is 16.5. The third-order valence-corrected chi connectivity index (χ3v) is 2.84. The maximum Gasteiger partial charge on any atom is 0.118 e. The third-order valence-electron chi connectivity index (χ3n) is 2.84. The van der Waals surface area contributed by atoms with Crippen molar-refractivity contribution in [1.29, 1.82) is 0 Å². The van der Waals surface area contributed by atoms with E-state index in [1.165, 1.54) is 5.56 Å². The molecule has 0 saturated carbocycles. The first-order valence-electron chi connectivity index (χ1n) is 5.65. The highest BCUT2D eigenvalue weighted by Gasteiger charge is 2.08. The van der Waals surface area contributed by atoms with Crippen molar-refractivity contribution in [2.75, 3.05) is 27.7 Å². The molecule has 0 aliphatic rings. The van der Waals surface area contributed by atoms with Gasteiger partial charge in [-0.3, -0.25) is 4.90 Å². The maximum atomic E-state index is 5.14. The Morgan fingerprint density at radius 2 is 1.94 bits per heavy atom. The number of nitrogens with one attached hydrogen (secondary N) is 1. The van der Waals surface area contributed by atoms with Gasteiger partial charge >= 0.3 is 0 Å². The minimum Gasteiger partial charge on any atom is -0.497 e. The number of nitrogens with zero attached hydrogens (tertiary/aromatic N) is 1. The predicted octanol–water partition coefficient (Wildman–Crippen LogP) is 1.73. The molecular weight excluding hydrogens is 200 g/mol. The fraction of sp³-hybridized carbons (Fsp3) is 0.538. The van der Waals surface area contributed by atoms with E-state index in [1.807, 2.05) is 19.2 Å². The van der Waals surface area contributed by atoms with Crippen molar-refractivity contribution < 1.29 is 4.74 Å². The highest BCUT2D eigenvalue weighted by Crippen LogP contribution is 2.13. The van der Waals surface area contributed by atoms with Gasteiger partial charge in [-0.05, 0) is 38.7 Å². The molecule has 0 saturated heterocycles. The van der Waals surface area contributed by atoms with Crippen LogP contribution in [0.3, 0.4) is 0 Å². The van der Waals surface area contributed by atoms with Crippen LogP contribution >= 0.6 is 0 Å². The Hall–Kier alpha value is -1.06. The number of hydrogen-bond acceptors (Lipinski definition) is 3. The van der Waals surface area contributed by atoms with Gasteiger partial charge in [-0.15, -0.1) is 0 Å². The molecule has 90 valence electrons. The molecule has 0 aliphatic heterocycles. The van der Waals surface area contributed by atoms with Crippen molar-refractivity contribution in [1.82, 2.24) is 10.2 Å². The van der Waals surface area contributed by atoms with Gasteiger partial charge in [0.25, 0.3) is 0 Å². The molecule has 1 atom stereocenters. The Morgan fingerprint density at radius 1 is 1.31 bits per heavy atom. The van der Waals surface area contributed by atoms with Gasteiger partial charge in [0.1, 0.15) is 5.75 Å². The van der Waals surface area contributed by atoms with E-state index in [2.05, 4.69) is 36.3 Å². The second-order valence-corrected chi connectivity index (χ2v) is 4.17. The molecule has 0 heterocycles. The van der Waals surface area contributed by atoms with Crippen LogP contribution in [0, 0.1) is 0 Å². The van der Waals surface area contributed by atoms with Crippen molar-refractivity contribution in [2.24, 2.45) is 0 Å². The third kappa shape index (κ3) is 3.83. The second-order valence-electron chi connectivity index (χ2n) is 4.17. The monoisotopic (exact) mass is 222 g/mol. The molecule has 0 amide bonds. The van der Waals surface area contributed by atoms with Crippen LogP contribution in [0.15, 0.2) is 24.3 Å². The molecule has 1 aromatic carbocycles. The fourth-order valence-corrected chi connectivity index (χ4v) is 1.63. The molecule has 1 aromatic rings. The zero-order valence-corrected chi connectivity index (χ0v) is 10.7. The summed E-state index contributed by atoms with van der Waals surface area (Å²) in [6, 6.07) is 8.77. The molecule has 1 N–H and O–H groups in total. The summed E-state index contributed by atoms with van der Waals surface area (Å²) >= 11 is 0. The van der Waals surface area contributed by atoms with Gasteiger partial charge < -0.3 is 10.1 Å². The van der Waals surface area contributed by atoms with Gasteiger partial charge in [0.15, 0.2) is 0 Å². The molecule has 1 unspecified atom stereocenters. The lowest BCUT2D eigenvalue weighted by atomic mass is 10.2. The van der Waals surface area contributed by atoms with Gasteiger partial charge in [-0.25, -0.2) is 0 Å². The number of likely N-dealkylation sites (N-methyl/N-ethyl adjacent to an activating group) is 2. The minimum atomic E-state index is 0.534. The summed E-state index contributed by atoms with van der Waals surface area (Å²) in [5.74, 6) is 0.912. The Kier molecular flexibility index (Phi) is 5.29. The number of ether oxygens (including phenoxy) is 1. The SMILES string of the molecule is CNCC(C)N(C)Cc1ccc(OC)cc1. The molecule has 3 nitrogen and oxygen atoms in total. The van der Waals surface area contributed by atoms with Crippen molar-refractivity contribution >= 4 is 0 Å². The summed E-state index contributed by atoms with van der Waals surface area (Å²) < 4.78 is 5.14. The van der Waals surface area contributed by atoms with Crippen molar-refractivity contribution in [3.63, 3.8) is 0 Å². The number of rotatable bonds is 6. The van der Waals surface area contributed by atoms with E-state index < -0.39 is 0 Å². The summed E-state index contributed by atoms with van der Waals surface area (Å²) in [5.41, 5.74) is 1.31. The average molecular weight is 222 g/mol. The zero-order valence-electron chi connectivity index (χ0n) is 10.7. The van der Waals surface area contributed by atoms with Crippen LogP contribution in [0.25, 0.3) is 0 Å². The molecule has 0 spiro atoms. The summed E-state index contributed by atoms with van der Waals surface area (Å²) in [6.45, 7) is 4.19. The quantitative estimate of drug-likeness (QED) is 0.793. The van der Waals surface area contributed by atoms with E-state index in [4.69, 9.17) is 4.74 Å². The number of hydrogen-bond donors (Lipinski definition) is 1. The van der Waals surface area contributed by atoms with Crippen LogP contribution in [0.1, 0.15) is 12.5 Å². The first-order chi connectivity index (χ1) is 7.67. The molecule has 0 bridgehead atoms. The second kappa shape index (κ2) is 6.51. The molecule has 0 aliphatic carbocycles. The molecule has 3 heteroatoms. The van der Waals surface area contributed by atoms with E-state index in [-0.39, 0.29) is 0 Å². The van der Waals surface area contributed by atoms with Crippen LogP contribution < -0.4 is 10.1 Å². The van der Waals surface area contributed by atoms with Gasteiger partial charge in [0.2, 0.25) is 0 Å². The summed E-state index contributed by atoms with van der Waals surface area (Å²) in [4.78, 5) is 2.33. The van der Waals surface area contributed by atoms with Crippen LogP contribution in [-0.2, 0) is 6.54 Å². The predicted molar refractivity (Wildman–Crippen MR) is 67.8 cm³/mol. The minimum absolute atomic E-state index is 0.534. The molecule has 0 radical (unpaired) electrons. The van der Waals surface area contributed by atoms with E-state index in [0.29, 0.717) is 6.04 Å². The van der Waals surface area contributed by atoms with Crippen molar-refractivity contribution in [3.05, 3.63) is 29.8 Å². The topological polar surface area (TPSA) is 24.5 Å². The van der Waals surface area contributed by atoms with Gasteiger partial charge in [0, 0.05) is 19.1 Å². The Bertz CT molecular complexity index is 297. The lowest BCUT2D eigenvalue weighted by Gasteiger charge is -2.24. The maximum absolute atomic E-state index is 5.14. The molecular formula is C13H22N2O. The Labute approximate surface area is 98.4 Å². The summed E-state index contributed by atoms with van der Waals surface area (Å²) in [5, 5.41) is 3.19. The van der Waals surface area contributed by atoms with Crippen LogP contribution in [0.5, 0.6) is 5.75 Å². The summed E-state index contributed by atoms with van der Waals surface area (Å²) in [7, 11) is 5.82. The largest absolute Gasteiger partial charge is 0.497 e. The fourth-order valence-electron chi connectivity index (χ4n) is 1.63. The van der Waals surface area contributed by atoms with E-state index >= 15 is 0 Å². The van der Waals surface area contributed by atoms with E-state index in [1.54, 1.807) is 7.11 Å². The molecule has 0 aromatic heterocycles. The lowest BCUT2D eigenvalue weighted by Crippen LogP contribution is -2.36. The molecule has 1 rings (SSSR count). The zero-order chi connectivity index (χ0) is 12.0. The van der Waals surface area contributed by atoms with Gasteiger partial charge in [0.05, 0.1) is 7.11 Å². The number of benzene rings is 1. The standard InChI is InChI=1S/C13H22N2O/c1-11(9-14-2)15(3)10-12-5-7-13(16-4)8-6-12/h5-8,11,14H,9-10H2,1-4H3. The van der Waals surface area contributed by atoms with Crippen LogP contribution in [0.4, 0.5) is 0 Å². The molecule has 16 heavy (non-hydrogen) atoms. The average Bonchev–Trinajstić information content (AvgIpc) is 2.30. The molecule has 0 fully saturated rings. The number of methoxy groups -OCH3 is 1. The first kappa shape index (κ1) is 13.0. The van der Waals surface area contributed by atoms with Crippen LogP contribution in [0.2, 0.25) is 0 Å². The van der Waals surface area contributed by atoms with Crippen molar-refractivity contribution in [2.45, 2.75) is 19.5 Å². The van der Waals surface area contributed by atoms with Crippen LogP contribution in [-0.4, -0.2) is 38.7 Å². The highest BCUT2D eigenvalue weighted by molar-refractivity contribution is 5.27. The van der Waals surface area contributed by atoms with E-state index in [0.717, 1.165) is 18.8 Å². The first-order valence-corrected chi connectivity index (χ1v) is 5.65. The summed E-state index contributed by atoms with van der Waals surface area (Å²) in [6.07, 6.45) is 0. The smallest absolute Gasteiger partial charge is 0.118 e. The van der Waals surface area contributed by atoms with Crippen molar-refractivity contribution in [3.8, 4) is 5.75 Å². The lowest BCUT2D eigenvalue weighted by molar-refractivity contribution is 0.246. The van der Waals surface area contributed by atoms with Gasteiger partial charge in [-0.2, -0.15) is 0 Å². The Balaban J connectivity index is 2.52. The van der Waals surface area contributed by atoms with E-state index in [9.17, 15) is 0 Å².